The summed E-state index contributed by atoms with van der Waals surface area (Å²) in [5.41, 5.74) is 1.19. The number of amides is 2. The van der Waals surface area contributed by atoms with Crippen molar-refractivity contribution >= 4 is 28.8 Å². The zero-order chi connectivity index (χ0) is 19.0. The number of hydrogen-bond acceptors (Lipinski definition) is 5. The molecule has 0 radical (unpaired) electrons. The summed E-state index contributed by atoms with van der Waals surface area (Å²) in [6, 6.07) is 15.6. The maximum atomic E-state index is 12.8. The molecule has 6 heteroatoms. The van der Waals surface area contributed by atoms with Crippen molar-refractivity contribution in [1.29, 1.82) is 0 Å². The van der Waals surface area contributed by atoms with E-state index in [1.807, 2.05) is 19.1 Å². The van der Waals surface area contributed by atoms with Gasteiger partial charge in [-0.05, 0) is 36.6 Å². The number of phenolic OH excluding ortho intramolecular Hbond substituents is 1. The van der Waals surface area contributed by atoms with Crippen LogP contribution in [0, 0.1) is 0 Å². The normalized spacial score (nSPS) is 13.6. The molecule has 1 N–H and O–H groups in total. The van der Waals surface area contributed by atoms with Gasteiger partial charge in [0.15, 0.2) is 11.5 Å². The first-order valence-electron chi connectivity index (χ1n) is 8.51. The fraction of sp³-hybridized carbons (Fsp3) is 0.0952. The summed E-state index contributed by atoms with van der Waals surface area (Å²) in [5, 5.41) is 16.6. The van der Waals surface area contributed by atoms with Crippen molar-refractivity contribution in [3.05, 3.63) is 71.3 Å². The highest BCUT2D eigenvalue weighted by Crippen LogP contribution is 2.31. The van der Waals surface area contributed by atoms with Gasteiger partial charge in [0.2, 0.25) is 0 Å². The lowest BCUT2D eigenvalue weighted by Gasteiger charge is -2.23. The Hall–Kier alpha value is -3.67. The first-order valence-corrected chi connectivity index (χ1v) is 8.51. The van der Waals surface area contributed by atoms with E-state index in [4.69, 9.17) is 4.74 Å². The Balaban J connectivity index is 1.74. The average molecular weight is 360 g/mol. The smallest absolute Gasteiger partial charge is 0.282 e. The van der Waals surface area contributed by atoms with E-state index in [1.165, 1.54) is 6.21 Å². The minimum atomic E-state index is -0.499. The molecular weight excluding hydrogens is 344 g/mol. The van der Waals surface area contributed by atoms with Crippen molar-refractivity contribution in [3.8, 4) is 11.5 Å². The molecule has 2 amide bonds. The number of ether oxygens (including phenoxy) is 1. The SMILES string of the molecule is CCOc1cccc(/C=N/N2C(=O)c3cccc4cccc(c34)C2=O)c1O. The summed E-state index contributed by atoms with van der Waals surface area (Å²) in [6.07, 6.45) is 1.28. The van der Waals surface area contributed by atoms with Gasteiger partial charge in [-0.15, -0.1) is 0 Å². The van der Waals surface area contributed by atoms with E-state index in [2.05, 4.69) is 5.10 Å². The lowest BCUT2D eigenvalue weighted by atomic mass is 9.95. The molecule has 0 saturated heterocycles. The maximum absolute atomic E-state index is 12.8. The maximum Gasteiger partial charge on any atom is 0.282 e. The Morgan fingerprint density at radius 1 is 1.00 bits per heavy atom. The predicted octanol–water partition coefficient (Wildman–Crippen LogP) is 3.57. The summed E-state index contributed by atoms with van der Waals surface area (Å²) in [7, 11) is 0. The number of phenols is 1. The van der Waals surface area contributed by atoms with Crippen LogP contribution < -0.4 is 4.74 Å². The molecule has 0 aliphatic carbocycles. The minimum Gasteiger partial charge on any atom is -0.504 e. The molecule has 1 heterocycles. The summed E-state index contributed by atoms with van der Waals surface area (Å²) >= 11 is 0. The topological polar surface area (TPSA) is 79.2 Å². The quantitative estimate of drug-likeness (QED) is 0.570. The third kappa shape index (κ3) is 2.71. The molecule has 0 bridgehead atoms. The van der Waals surface area contributed by atoms with Gasteiger partial charge < -0.3 is 9.84 Å². The van der Waals surface area contributed by atoms with E-state index in [-0.39, 0.29) is 5.75 Å². The fourth-order valence-corrected chi connectivity index (χ4v) is 3.16. The van der Waals surface area contributed by atoms with Crippen LogP contribution in [0.4, 0.5) is 0 Å². The number of para-hydroxylation sites is 1. The standard InChI is InChI=1S/C21H16N2O4/c1-2-27-17-11-5-8-14(19(17)24)12-22-23-20(25)15-9-3-6-13-7-4-10-16(18(13)15)21(23)26/h3-12,24H,2H2,1H3/b22-12+. The molecule has 3 aromatic carbocycles. The molecule has 0 unspecified atom stereocenters. The molecule has 3 aromatic rings. The van der Waals surface area contributed by atoms with Gasteiger partial charge in [-0.3, -0.25) is 9.59 Å². The number of benzene rings is 3. The molecular formula is C21H16N2O4. The number of hydrogen-bond donors (Lipinski definition) is 1. The van der Waals surface area contributed by atoms with Gasteiger partial charge in [-0.1, -0.05) is 30.3 Å². The number of rotatable bonds is 4. The average Bonchev–Trinajstić information content (AvgIpc) is 2.68. The monoisotopic (exact) mass is 360 g/mol. The van der Waals surface area contributed by atoms with E-state index in [9.17, 15) is 14.7 Å². The van der Waals surface area contributed by atoms with Crippen molar-refractivity contribution in [3.63, 3.8) is 0 Å². The van der Waals surface area contributed by atoms with Gasteiger partial charge in [0.25, 0.3) is 11.8 Å². The van der Waals surface area contributed by atoms with Crippen molar-refractivity contribution < 1.29 is 19.4 Å². The van der Waals surface area contributed by atoms with Crippen LogP contribution in [-0.4, -0.2) is 34.8 Å². The molecule has 134 valence electrons. The number of imide groups is 1. The van der Waals surface area contributed by atoms with E-state index < -0.39 is 11.8 Å². The lowest BCUT2D eigenvalue weighted by Crippen LogP contribution is -2.36. The first-order chi connectivity index (χ1) is 13.1. The van der Waals surface area contributed by atoms with Crippen LogP contribution in [0.25, 0.3) is 10.8 Å². The van der Waals surface area contributed by atoms with Crippen LogP contribution in [0.1, 0.15) is 33.2 Å². The molecule has 1 aliphatic rings. The second-order valence-corrected chi connectivity index (χ2v) is 6.00. The number of hydrazone groups is 1. The molecule has 0 aromatic heterocycles. The minimum absolute atomic E-state index is 0.0949. The van der Waals surface area contributed by atoms with E-state index in [0.717, 1.165) is 10.4 Å². The Labute approximate surface area is 155 Å². The molecule has 6 nitrogen and oxygen atoms in total. The summed E-state index contributed by atoms with van der Waals surface area (Å²) in [6.45, 7) is 2.21. The Morgan fingerprint density at radius 3 is 2.26 bits per heavy atom. The van der Waals surface area contributed by atoms with Crippen LogP contribution in [0.5, 0.6) is 11.5 Å². The van der Waals surface area contributed by atoms with Crippen molar-refractivity contribution in [2.45, 2.75) is 6.92 Å². The Bertz CT molecular complexity index is 1050. The summed E-state index contributed by atoms with van der Waals surface area (Å²) in [5.74, 6) is -0.780. The summed E-state index contributed by atoms with van der Waals surface area (Å²) < 4.78 is 5.34. The van der Waals surface area contributed by atoms with Crippen molar-refractivity contribution in [2.24, 2.45) is 5.10 Å². The second-order valence-electron chi connectivity index (χ2n) is 6.00. The molecule has 0 atom stereocenters. The highest BCUT2D eigenvalue weighted by Gasteiger charge is 2.32. The third-order valence-corrected chi connectivity index (χ3v) is 4.39. The third-order valence-electron chi connectivity index (χ3n) is 4.39. The van der Waals surface area contributed by atoms with Gasteiger partial charge >= 0.3 is 0 Å². The van der Waals surface area contributed by atoms with Crippen molar-refractivity contribution in [2.75, 3.05) is 6.61 Å². The van der Waals surface area contributed by atoms with E-state index >= 15 is 0 Å². The number of carbonyl (C=O) groups is 2. The van der Waals surface area contributed by atoms with Gasteiger partial charge in [-0.2, -0.15) is 10.1 Å². The molecule has 0 saturated carbocycles. The highest BCUT2D eigenvalue weighted by atomic mass is 16.5. The lowest BCUT2D eigenvalue weighted by molar-refractivity contribution is 0.0616. The largest absolute Gasteiger partial charge is 0.504 e. The highest BCUT2D eigenvalue weighted by molar-refractivity contribution is 6.25. The van der Waals surface area contributed by atoms with Gasteiger partial charge in [0.05, 0.1) is 23.9 Å². The van der Waals surface area contributed by atoms with Crippen LogP contribution in [0.3, 0.4) is 0 Å². The first kappa shape index (κ1) is 16.8. The second kappa shape index (κ2) is 6.57. The van der Waals surface area contributed by atoms with Crippen molar-refractivity contribution in [1.82, 2.24) is 5.01 Å². The van der Waals surface area contributed by atoms with Crippen LogP contribution in [-0.2, 0) is 0 Å². The Morgan fingerprint density at radius 2 is 1.63 bits per heavy atom. The van der Waals surface area contributed by atoms with Gasteiger partial charge in [0, 0.05) is 10.9 Å². The van der Waals surface area contributed by atoms with Crippen LogP contribution in [0.15, 0.2) is 59.7 Å². The van der Waals surface area contributed by atoms with Gasteiger partial charge in [-0.25, -0.2) is 0 Å². The zero-order valence-electron chi connectivity index (χ0n) is 14.5. The number of nitrogens with zero attached hydrogens (tertiary/aromatic N) is 2. The number of aromatic hydroxyl groups is 1. The van der Waals surface area contributed by atoms with Crippen LogP contribution >= 0.6 is 0 Å². The molecule has 27 heavy (non-hydrogen) atoms. The van der Waals surface area contributed by atoms with Crippen LogP contribution in [0.2, 0.25) is 0 Å². The molecule has 0 spiro atoms. The molecule has 4 rings (SSSR count). The molecule has 0 fully saturated rings. The van der Waals surface area contributed by atoms with E-state index in [1.54, 1.807) is 42.5 Å². The number of carbonyl (C=O) groups excluding carboxylic acids is 2. The zero-order valence-corrected chi connectivity index (χ0v) is 14.5. The summed E-state index contributed by atoms with van der Waals surface area (Å²) in [4.78, 5) is 25.6. The molecule has 1 aliphatic heterocycles. The van der Waals surface area contributed by atoms with E-state index in [0.29, 0.717) is 34.4 Å². The predicted molar refractivity (Wildman–Crippen MR) is 101 cm³/mol. The fourth-order valence-electron chi connectivity index (χ4n) is 3.16. The van der Waals surface area contributed by atoms with Gasteiger partial charge in [0.1, 0.15) is 0 Å². The Kier molecular flexibility index (Phi) is 4.08.